The van der Waals surface area contributed by atoms with Crippen LogP contribution in [0.3, 0.4) is 0 Å². The number of hydrogen-bond acceptors (Lipinski definition) is 4. The van der Waals surface area contributed by atoms with Crippen molar-refractivity contribution in [1.82, 2.24) is 9.97 Å². The van der Waals surface area contributed by atoms with Crippen molar-refractivity contribution < 1.29 is 4.74 Å². The van der Waals surface area contributed by atoms with Crippen LogP contribution in [0.15, 0.2) is 30.5 Å². The van der Waals surface area contributed by atoms with Crippen molar-refractivity contribution >= 4 is 0 Å². The van der Waals surface area contributed by atoms with Gasteiger partial charge < -0.3 is 10.5 Å². The smallest absolute Gasteiger partial charge is 0.159 e. The average Bonchev–Trinajstić information content (AvgIpc) is 2.39. The SMILES string of the molecule is CCOc1cccc(-c2ncc([C@@H](C)N)c(C)n2)c1. The van der Waals surface area contributed by atoms with Crippen molar-refractivity contribution in [1.29, 1.82) is 0 Å². The van der Waals surface area contributed by atoms with Gasteiger partial charge in [-0.15, -0.1) is 0 Å². The molecule has 0 fully saturated rings. The lowest BCUT2D eigenvalue weighted by Gasteiger charge is -2.10. The van der Waals surface area contributed by atoms with Crippen molar-refractivity contribution in [2.75, 3.05) is 6.61 Å². The highest BCUT2D eigenvalue weighted by atomic mass is 16.5. The van der Waals surface area contributed by atoms with E-state index in [1.807, 2.05) is 45.0 Å². The first-order valence-corrected chi connectivity index (χ1v) is 6.44. The van der Waals surface area contributed by atoms with Gasteiger partial charge in [-0.25, -0.2) is 9.97 Å². The minimum Gasteiger partial charge on any atom is -0.494 e. The first-order valence-electron chi connectivity index (χ1n) is 6.44. The van der Waals surface area contributed by atoms with E-state index in [9.17, 15) is 0 Å². The molecule has 100 valence electrons. The maximum atomic E-state index is 5.87. The Balaban J connectivity index is 2.36. The molecule has 2 N–H and O–H groups in total. The fourth-order valence-corrected chi connectivity index (χ4v) is 1.95. The lowest BCUT2D eigenvalue weighted by Crippen LogP contribution is -2.09. The molecular weight excluding hydrogens is 238 g/mol. The van der Waals surface area contributed by atoms with Crippen molar-refractivity contribution in [3.63, 3.8) is 0 Å². The summed E-state index contributed by atoms with van der Waals surface area (Å²) in [4.78, 5) is 8.90. The Morgan fingerprint density at radius 2 is 2.16 bits per heavy atom. The fourth-order valence-electron chi connectivity index (χ4n) is 1.95. The molecule has 1 heterocycles. The molecule has 0 unspecified atom stereocenters. The molecule has 4 heteroatoms. The number of rotatable bonds is 4. The fraction of sp³-hybridized carbons (Fsp3) is 0.333. The van der Waals surface area contributed by atoms with Crippen molar-refractivity contribution in [3.8, 4) is 17.1 Å². The monoisotopic (exact) mass is 257 g/mol. The number of nitrogens with zero attached hydrogens (tertiary/aromatic N) is 2. The van der Waals surface area contributed by atoms with E-state index < -0.39 is 0 Å². The summed E-state index contributed by atoms with van der Waals surface area (Å²) < 4.78 is 5.48. The number of ether oxygens (including phenoxy) is 1. The summed E-state index contributed by atoms with van der Waals surface area (Å²) in [5.74, 6) is 1.53. The Morgan fingerprint density at radius 1 is 1.37 bits per heavy atom. The van der Waals surface area contributed by atoms with Crippen molar-refractivity contribution in [2.45, 2.75) is 26.8 Å². The Kier molecular flexibility index (Phi) is 4.12. The van der Waals surface area contributed by atoms with Gasteiger partial charge in [-0.1, -0.05) is 12.1 Å². The van der Waals surface area contributed by atoms with E-state index in [4.69, 9.17) is 10.5 Å². The van der Waals surface area contributed by atoms with E-state index in [-0.39, 0.29) is 6.04 Å². The Labute approximate surface area is 113 Å². The van der Waals surface area contributed by atoms with Gasteiger partial charge in [0.2, 0.25) is 0 Å². The van der Waals surface area contributed by atoms with Crippen molar-refractivity contribution in [3.05, 3.63) is 41.7 Å². The van der Waals surface area contributed by atoms with E-state index in [0.717, 1.165) is 22.6 Å². The Hall–Kier alpha value is -1.94. The Morgan fingerprint density at radius 3 is 2.79 bits per heavy atom. The highest BCUT2D eigenvalue weighted by molar-refractivity contribution is 5.57. The largest absolute Gasteiger partial charge is 0.494 e. The van der Waals surface area contributed by atoms with Gasteiger partial charge in [0.15, 0.2) is 5.82 Å². The van der Waals surface area contributed by atoms with Gasteiger partial charge in [0, 0.05) is 29.1 Å². The second-order valence-electron chi connectivity index (χ2n) is 4.48. The quantitative estimate of drug-likeness (QED) is 0.914. The minimum absolute atomic E-state index is 0.0520. The third-order valence-electron chi connectivity index (χ3n) is 2.91. The zero-order valence-electron chi connectivity index (χ0n) is 11.6. The highest BCUT2D eigenvalue weighted by Crippen LogP contribution is 2.22. The summed E-state index contributed by atoms with van der Waals surface area (Å²) >= 11 is 0. The summed E-state index contributed by atoms with van der Waals surface area (Å²) in [6, 6.07) is 7.74. The topological polar surface area (TPSA) is 61.0 Å². The van der Waals surface area contributed by atoms with Crippen LogP contribution in [0.4, 0.5) is 0 Å². The summed E-state index contributed by atoms with van der Waals surface area (Å²) in [5.41, 5.74) is 8.71. The molecule has 0 spiro atoms. The molecule has 0 aliphatic carbocycles. The third kappa shape index (κ3) is 3.09. The van der Waals surface area contributed by atoms with Crippen LogP contribution in [-0.4, -0.2) is 16.6 Å². The van der Waals surface area contributed by atoms with Gasteiger partial charge in [0.1, 0.15) is 5.75 Å². The minimum atomic E-state index is -0.0520. The molecule has 0 saturated carbocycles. The second kappa shape index (κ2) is 5.80. The molecule has 2 rings (SSSR count). The molecule has 0 amide bonds. The van der Waals surface area contributed by atoms with Gasteiger partial charge in [-0.3, -0.25) is 0 Å². The summed E-state index contributed by atoms with van der Waals surface area (Å²) in [6.07, 6.45) is 1.80. The van der Waals surface area contributed by atoms with Crippen LogP contribution < -0.4 is 10.5 Å². The number of aromatic nitrogens is 2. The number of benzene rings is 1. The van der Waals surface area contributed by atoms with E-state index in [0.29, 0.717) is 12.4 Å². The van der Waals surface area contributed by atoms with Crippen LogP contribution in [0.25, 0.3) is 11.4 Å². The van der Waals surface area contributed by atoms with Gasteiger partial charge in [0.05, 0.1) is 6.61 Å². The molecule has 2 aromatic rings. The number of aryl methyl sites for hydroxylation is 1. The molecular formula is C15H19N3O. The molecule has 0 aliphatic heterocycles. The summed E-state index contributed by atoms with van der Waals surface area (Å²) in [7, 11) is 0. The van der Waals surface area contributed by atoms with Gasteiger partial charge in [-0.2, -0.15) is 0 Å². The molecule has 4 nitrogen and oxygen atoms in total. The van der Waals surface area contributed by atoms with Crippen molar-refractivity contribution in [2.24, 2.45) is 5.73 Å². The third-order valence-corrected chi connectivity index (χ3v) is 2.91. The van der Waals surface area contributed by atoms with Crippen LogP contribution in [0.1, 0.15) is 31.1 Å². The molecule has 0 saturated heterocycles. The molecule has 1 aromatic heterocycles. The second-order valence-corrected chi connectivity index (χ2v) is 4.48. The van der Waals surface area contributed by atoms with Gasteiger partial charge >= 0.3 is 0 Å². The van der Waals surface area contributed by atoms with E-state index in [1.54, 1.807) is 6.20 Å². The molecule has 0 bridgehead atoms. The zero-order chi connectivity index (χ0) is 13.8. The predicted octanol–water partition coefficient (Wildman–Crippen LogP) is 2.87. The van der Waals surface area contributed by atoms with E-state index >= 15 is 0 Å². The average molecular weight is 257 g/mol. The lowest BCUT2D eigenvalue weighted by molar-refractivity contribution is 0.340. The summed E-state index contributed by atoms with van der Waals surface area (Å²) in [6.45, 7) is 6.50. The van der Waals surface area contributed by atoms with Crippen LogP contribution in [0, 0.1) is 6.92 Å². The van der Waals surface area contributed by atoms with E-state index in [2.05, 4.69) is 9.97 Å². The summed E-state index contributed by atoms with van der Waals surface area (Å²) in [5, 5.41) is 0. The highest BCUT2D eigenvalue weighted by Gasteiger charge is 2.09. The molecule has 1 atom stereocenters. The van der Waals surface area contributed by atoms with Crippen LogP contribution in [0.2, 0.25) is 0 Å². The van der Waals surface area contributed by atoms with Gasteiger partial charge in [-0.05, 0) is 32.9 Å². The van der Waals surface area contributed by atoms with Crippen LogP contribution in [-0.2, 0) is 0 Å². The van der Waals surface area contributed by atoms with Gasteiger partial charge in [0.25, 0.3) is 0 Å². The normalized spacial score (nSPS) is 12.2. The standard InChI is InChI=1S/C15H19N3O/c1-4-19-13-7-5-6-12(8-13)15-17-9-14(10(2)16)11(3)18-15/h5-10H,4,16H2,1-3H3/t10-/m1/s1. The number of hydrogen-bond donors (Lipinski definition) is 1. The maximum Gasteiger partial charge on any atom is 0.159 e. The predicted molar refractivity (Wildman–Crippen MR) is 76.0 cm³/mol. The molecule has 1 aromatic carbocycles. The number of nitrogens with two attached hydrogens (primary N) is 1. The van der Waals surface area contributed by atoms with Crippen LogP contribution in [0.5, 0.6) is 5.75 Å². The molecule has 0 aliphatic rings. The lowest BCUT2D eigenvalue weighted by atomic mass is 10.1. The van der Waals surface area contributed by atoms with E-state index in [1.165, 1.54) is 0 Å². The zero-order valence-corrected chi connectivity index (χ0v) is 11.6. The Bertz CT molecular complexity index is 567. The first-order chi connectivity index (χ1) is 9.11. The van der Waals surface area contributed by atoms with Crippen LogP contribution >= 0.6 is 0 Å². The molecule has 0 radical (unpaired) electrons. The maximum absolute atomic E-state index is 5.87. The first kappa shape index (κ1) is 13.5. The molecule has 19 heavy (non-hydrogen) atoms.